The molecule has 0 aromatic carbocycles. The number of imide groups is 1. The summed E-state index contributed by atoms with van der Waals surface area (Å²) in [5.41, 5.74) is 4.94. The van der Waals surface area contributed by atoms with Crippen molar-refractivity contribution >= 4 is 35.4 Å². The van der Waals surface area contributed by atoms with Crippen molar-refractivity contribution in [3.8, 4) is 0 Å². The molecule has 0 saturated heterocycles. The van der Waals surface area contributed by atoms with Crippen LogP contribution in [-0.2, 0) is 24.0 Å². The Morgan fingerprint density at radius 3 is 2.00 bits per heavy atom. The zero-order chi connectivity index (χ0) is 24.8. The summed E-state index contributed by atoms with van der Waals surface area (Å²) >= 11 is 0. The maximum Gasteiger partial charge on any atom is 0.312 e. The van der Waals surface area contributed by atoms with E-state index < -0.39 is 41.7 Å². The van der Waals surface area contributed by atoms with Crippen molar-refractivity contribution in [1.82, 2.24) is 20.9 Å². The molecule has 0 bridgehead atoms. The highest BCUT2D eigenvalue weighted by molar-refractivity contribution is 6.13. The quantitative estimate of drug-likeness (QED) is 0.253. The number of nitrogens with two attached hydrogens (primary N) is 1. The molecular weight excluding hydrogens is 418 g/mol. The van der Waals surface area contributed by atoms with Gasteiger partial charge in [0.2, 0.25) is 11.8 Å². The van der Waals surface area contributed by atoms with E-state index in [1.807, 2.05) is 0 Å². The largest absolute Gasteiger partial charge is 0.352 e. The lowest BCUT2D eigenvalue weighted by Crippen LogP contribution is -2.50. The number of carbonyl (C=O) groups is 6. The number of nitrogens with zero attached hydrogens (tertiary/aromatic N) is 1. The summed E-state index contributed by atoms with van der Waals surface area (Å²) in [6.45, 7) is 9.46. The number of hydrogen-bond donors (Lipinski definition) is 4. The van der Waals surface area contributed by atoms with Gasteiger partial charge in [-0.25, -0.2) is 4.79 Å². The Kier molecular flexibility index (Phi) is 13.2. The predicted octanol–water partition coefficient (Wildman–Crippen LogP) is -0.00920. The van der Waals surface area contributed by atoms with E-state index in [-0.39, 0.29) is 25.3 Å². The van der Waals surface area contributed by atoms with E-state index in [2.05, 4.69) is 36.7 Å². The molecule has 0 aromatic rings. The van der Waals surface area contributed by atoms with Gasteiger partial charge in [-0.05, 0) is 32.6 Å². The van der Waals surface area contributed by atoms with Gasteiger partial charge < -0.3 is 21.7 Å². The van der Waals surface area contributed by atoms with Crippen LogP contribution < -0.4 is 21.7 Å². The maximum atomic E-state index is 12.2. The number of carbonyl (C=O) groups excluding carboxylic acids is 6. The molecule has 1 heterocycles. The van der Waals surface area contributed by atoms with Gasteiger partial charge in [-0.15, -0.1) is 0 Å². The van der Waals surface area contributed by atoms with E-state index in [1.54, 1.807) is 0 Å². The van der Waals surface area contributed by atoms with Gasteiger partial charge >= 0.3 is 6.03 Å². The molecule has 0 spiro atoms. The molecule has 0 fully saturated rings. The smallest absolute Gasteiger partial charge is 0.312 e. The lowest BCUT2D eigenvalue weighted by molar-refractivity contribution is -0.137. The summed E-state index contributed by atoms with van der Waals surface area (Å²) in [6, 6.07) is -2.35. The van der Waals surface area contributed by atoms with Gasteiger partial charge in [0.15, 0.2) is 5.78 Å². The average Bonchev–Trinajstić information content (AvgIpc) is 2.99. The predicted molar refractivity (Wildman–Crippen MR) is 118 cm³/mol. The minimum absolute atomic E-state index is 0.0895. The summed E-state index contributed by atoms with van der Waals surface area (Å²) < 4.78 is 0. The van der Waals surface area contributed by atoms with Crippen LogP contribution in [0.4, 0.5) is 4.79 Å². The van der Waals surface area contributed by atoms with Gasteiger partial charge in [-0.3, -0.25) is 28.9 Å². The van der Waals surface area contributed by atoms with Crippen molar-refractivity contribution in [3.63, 3.8) is 0 Å². The van der Waals surface area contributed by atoms with E-state index in [0.29, 0.717) is 12.8 Å². The Labute approximate surface area is 188 Å². The van der Waals surface area contributed by atoms with Crippen molar-refractivity contribution in [2.24, 2.45) is 11.7 Å². The molecule has 0 aliphatic carbocycles. The molecule has 6 amide bonds. The fourth-order valence-corrected chi connectivity index (χ4v) is 2.44. The number of ketones is 1. The van der Waals surface area contributed by atoms with E-state index in [1.165, 1.54) is 13.8 Å². The van der Waals surface area contributed by atoms with Crippen molar-refractivity contribution in [2.75, 3.05) is 13.1 Å². The topological polar surface area (TPSA) is 168 Å². The van der Waals surface area contributed by atoms with E-state index in [9.17, 15) is 28.8 Å². The second-order valence-corrected chi connectivity index (χ2v) is 8.04. The number of primary amides is 1. The van der Waals surface area contributed by atoms with Crippen molar-refractivity contribution in [3.05, 3.63) is 12.2 Å². The van der Waals surface area contributed by atoms with Crippen LogP contribution >= 0.6 is 0 Å². The summed E-state index contributed by atoms with van der Waals surface area (Å²) in [4.78, 5) is 70.2. The number of rotatable bonds is 11. The van der Waals surface area contributed by atoms with Gasteiger partial charge in [-0.2, -0.15) is 0 Å². The number of Topliss-reactive ketones (excluding diaryl/α,β-unsaturated/α-hetero) is 1. The summed E-state index contributed by atoms with van der Waals surface area (Å²) in [7, 11) is 0. The minimum atomic E-state index is -0.916. The van der Waals surface area contributed by atoms with Crippen LogP contribution in [0.5, 0.6) is 0 Å². The average molecular weight is 454 g/mol. The van der Waals surface area contributed by atoms with E-state index in [4.69, 9.17) is 5.73 Å². The van der Waals surface area contributed by atoms with Crippen molar-refractivity contribution in [1.29, 1.82) is 0 Å². The fraction of sp³-hybridized carbons (Fsp3) is 0.619. The summed E-state index contributed by atoms with van der Waals surface area (Å²) in [5, 5.41) is 7.39. The third-order valence-corrected chi connectivity index (χ3v) is 4.01. The Morgan fingerprint density at radius 2 is 1.53 bits per heavy atom. The summed E-state index contributed by atoms with van der Waals surface area (Å²) in [6.07, 6.45) is 2.83. The third kappa shape index (κ3) is 12.5. The molecule has 11 nitrogen and oxygen atoms in total. The molecule has 2 atom stereocenters. The van der Waals surface area contributed by atoms with Crippen LogP contribution in [-0.4, -0.2) is 65.5 Å². The monoisotopic (exact) mass is 453 g/mol. The van der Waals surface area contributed by atoms with Crippen molar-refractivity contribution in [2.45, 2.75) is 66.0 Å². The molecule has 0 radical (unpaired) electrons. The first-order valence-electron chi connectivity index (χ1n) is 10.5. The van der Waals surface area contributed by atoms with Crippen LogP contribution in [0.3, 0.4) is 0 Å². The fourth-order valence-electron chi connectivity index (χ4n) is 2.44. The highest BCUT2D eigenvalue weighted by Crippen LogP contribution is 2.04. The maximum absolute atomic E-state index is 12.2. The van der Waals surface area contributed by atoms with Crippen LogP contribution in [0, 0.1) is 5.92 Å². The van der Waals surface area contributed by atoms with Gasteiger partial charge in [0.25, 0.3) is 11.8 Å². The lowest BCUT2D eigenvalue weighted by atomic mass is 10.1. The molecule has 11 heteroatoms. The lowest BCUT2D eigenvalue weighted by Gasteiger charge is -2.20. The molecule has 0 saturated carbocycles. The molecule has 0 aromatic heterocycles. The van der Waals surface area contributed by atoms with Crippen LogP contribution in [0.15, 0.2) is 12.2 Å². The number of hydrogen-bond acceptors (Lipinski definition) is 6. The van der Waals surface area contributed by atoms with Crippen LogP contribution in [0.1, 0.15) is 53.9 Å². The molecule has 1 rings (SSSR count). The van der Waals surface area contributed by atoms with Crippen molar-refractivity contribution < 1.29 is 28.8 Å². The van der Waals surface area contributed by atoms with Gasteiger partial charge in [0.05, 0.1) is 6.04 Å². The number of nitrogens with one attached hydrogen (secondary N) is 3. The van der Waals surface area contributed by atoms with Gasteiger partial charge in [0, 0.05) is 31.7 Å². The molecular formula is C21H35N5O6. The molecule has 0 unspecified atom stereocenters. The van der Waals surface area contributed by atoms with Gasteiger partial charge in [-0.1, -0.05) is 20.8 Å². The Hall–Kier alpha value is -3.24. The Bertz CT molecular complexity index is 713. The standard InChI is InChI=1S/C17H25N5O6.C4H10/c1-10(20-13(24)7-9-22-14(25)5-6-15(22)26)16(27)21-12(11(2)23)4-3-8-19-17(18)28;1-4(2)3/h5-6,10,12H,3-4,7-9H2,1-2H3,(H,20,24)(H,21,27)(H3,18,19,28);4H,1-3H3/t10-,12-;/m0./s1. The van der Waals surface area contributed by atoms with E-state index in [0.717, 1.165) is 23.0 Å². The molecule has 1 aliphatic heterocycles. The van der Waals surface area contributed by atoms with E-state index >= 15 is 0 Å². The SMILES string of the molecule is CC(=O)[C@H](CCCNC(N)=O)NC(=O)[C@H](C)NC(=O)CCN1C(=O)C=CC1=O.CC(C)C. The molecule has 32 heavy (non-hydrogen) atoms. The normalized spacial score (nSPS) is 14.4. The first-order valence-corrected chi connectivity index (χ1v) is 10.5. The zero-order valence-electron chi connectivity index (χ0n) is 19.4. The Morgan fingerprint density at radius 1 is 1.00 bits per heavy atom. The van der Waals surface area contributed by atoms with Crippen LogP contribution in [0.2, 0.25) is 0 Å². The second kappa shape index (κ2) is 14.7. The highest BCUT2D eigenvalue weighted by Gasteiger charge is 2.25. The summed E-state index contributed by atoms with van der Waals surface area (Å²) in [5.74, 6) is -1.46. The number of amides is 6. The zero-order valence-corrected chi connectivity index (χ0v) is 19.4. The first kappa shape index (κ1) is 28.8. The molecule has 1 aliphatic rings. The third-order valence-electron chi connectivity index (χ3n) is 4.01. The minimum Gasteiger partial charge on any atom is -0.352 e. The van der Waals surface area contributed by atoms with Crippen LogP contribution in [0.25, 0.3) is 0 Å². The second-order valence-electron chi connectivity index (χ2n) is 8.04. The number of urea groups is 1. The molecule has 180 valence electrons. The molecule has 5 N–H and O–H groups in total. The van der Waals surface area contributed by atoms with Gasteiger partial charge in [0.1, 0.15) is 6.04 Å². The Balaban J connectivity index is 0.00000220. The highest BCUT2D eigenvalue weighted by atomic mass is 16.2. The first-order chi connectivity index (χ1) is 14.8.